The number of carbonyl (C=O) groups is 2. The Labute approximate surface area is 92.2 Å². The summed E-state index contributed by atoms with van der Waals surface area (Å²) in [6, 6.07) is 1.29. The molecule has 0 spiro atoms. The van der Waals surface area contributed by atoms with Crippen LogP contribution in [0, 0.1) is 0 Å². The number of nitrogens with zero attached hydrogens (tertiary/aromatic N) is 1. The Morgan fingerprint density at radius 1 is 1.44 bits per heavy atom. The van der Waals surface area contributed by atoms with Crippen molar-refractivity contribution in [2.75, 3.05) is 11.1 Å². The van der Waals surface area contributed by atoms with E-state index in [2.05, 4.69) is 15.6 Å². The van der Waals surface area contributed by atoms with Gasteiger partial charge in [-0.15, -0.1) is 0 Å². The molecule has 2 amide bonds. The van der Waals surface area contributed by atoms with Crippen LogP contribution in [0.4, 0.5) is 11.4 Å². The Morgan fingerprint density at radius 2 is 2.25 bits per heavy atom. The lowest BCUT2D eigenvalue weighted by Crippen LogP contribution is -2.47. The van der Waals surface area contributed by atoms with Gasteiger partial charge in [0.15, 0.2) is 0 Å². The number of amides is 2. The van der Waals surface area contributed by atoms with Crippen molar-refractivity contribution in [3.8, 4) is 0 Å². The van der Waals surface area contributed by atoms with E-state index in [4.69, 9.17) is 5.73 Å². The second kappa shape index (κ2) is 4.18. The Bertz CT molecular complexity index is 433. The molecule has 1 unspecified atom stereocenters. The highest BCUT2D eigenvalue weighted by Crippen LogP contribution is 2.14. The zero-order chi connectivity index (χ0) is 11.5. The molecule has 1 aromatic heterocycles. The van der Waals surface area contributed by atoms with Gasteiger partial charge >= 0.3 is 0 Å². The largest absolute Gasteiger partial charge is 0.397 e. The monoisotopic (exact) mass is 220 g/mol. The molecule has 1 aliphatic heterocycles. The molecular weight excluding hydrogens is 208 g/mol. The van der Waals surface area contributed by atoms with Crippen LogP contribution in [0.1, 0.15) is 12.8 Å². The molecule has 16 heavy (non-hydrogen) atoms. The summed E-state index contributed by atoms with van der Waals surface area (Å²) in [6.07, 6.45) is 3.94. The van der Waals surface area contributed by atoms with E-state index in [1.807, 2.05) is 0 Å². The number of pyridine rings is 1. The van der Waals surface area contributed by atoms with Crippen LogP contribution >= 0.6 is 0 Å². The van der Waals surface area contributed by atoms with Crippen LogP contribution in [0.5, 0.6) is 0 Å². The highest BCUT2D eigenvalue weighted by molar-refractivity contribution is 6.01. The van der Waals surface area contributed by atoms with Gasteiger partial charge in [-0.2, -0.15) is 0 Å². The molecule has 6 nitrogen and oxygen atoms in total. The van der Waals surface area contributed by atoms with Crippen LogP contribution in [0.2, 0.25) is 0 Å². The number of nitrogens with two attached hydrogens (primary N) is 1. The van der Waals surface area contributed by atoms with Gasteiger partial charge in [-0.1, -0.05) is 0 Å². The predicted octanol–water partition coefficient (Wildman–Crippen LogP) is -0.119. The van der Waals surface area contributed by atoms with Gasteiger partial charge in [-0.25, -0.2) is 0 Å². The van der Waals surface area contributed by atoms with Crippen molar-refractivity contribution in [1.82, 2.24) is 10.3 Å². The average molecular weight is 220 g/mol. The van der Waals surface area contributed by atoms with Crippen LogP contribution in [-0.2, 0) is 9.59 Å². The molecule has 2 heterocycles. The summed E-state index contributed by atoms with van der Waals surface area (Å²) in [4.78, 5) is 26.3. The maximum atomic E-state index is 11.4. The molecule has 1 fully saturated rings. The highest BCUT2D eigenvalue weighted by Gasteiger charge is 2.26. The molecule has 0 bridgehead atoms. The number of hydrogen-bond acceptors (Lipinski definition) is 5. The van der Waals surface area contributed by atoms with Gasteiger partial charge in [0.1, 0.15) is 6.04 Å². The summed E-state index contributed by atoms with van der Waals surface area (Å²) in [6.45, 7) is 0. The third kappa shape index (κ3) is 2.28. The number of nitrogens with one attached hydrogen (secondary N) is 2. The molecule has 1 atom stereocenters. The van der Waals surface area contributed by atoms with Gasteiger partial charge in [-0.3, -0.25) is 19.9 Å². The number of rotatable bonds is 2. The third-order valence-electron chi connectivity index (χ3n) is 2.34. The molecule has 0 aliphatic carbocycles. The zero-order valence-corrected chi connectivity index (χ0v) is 8.56. The fraction of sp³-hybridized carbons (Fsp3) is 0.300. The molecule has 1 saturated heterocycles. The van der Waals surface area contributed by atoms with Gasteiger partial charge in [-0.05, 0) is 12.5 Å². The van der Waals surface area contributed by atoms with Gasteiger partial charge in [0, 0.05) is 12.6 Å². The Hall–Kier alpha value is -2.11. The lowest BCUT2D eigenvalue weighted by atomic mass is 10.1. The van der Waals surface area contributed by atoms with Crippen LogP contribution in [-0.4, -0.2) is 22.8 Å². The molecule has 2 rings (SSSR count). The first-order valence-electron chi connectivity index (χ1n) is 4.96. The van der Waals surface area contributed by atoms with Gasteiger partial charge in [0.2, 0.25) is 11.8 Å². The average Bonchev–Trinajstić information content (AvgIpc) is 2.22. The van der Waals surface area contributed by atoms with Crippen LogP contribution in [0.25, 0.3) is 0 Å². The molecule has 0 saturated carbocycles. The smallest absolute Gasteiger partial charge is 0.249 e. The van der Waals surface area contributed by atoms with Crippen molar-refractivity contribution in [1.29, 1.82) is 0 Å². The number of hydrogen-bond donors (Lipinski definition) is 3. The predicted molar refractivity (Wildman–Crippen MR) is 58.4 cm³/mol. The zero-order valence-electron chi connectivity index (χ0n) is 8.56. The molecule has 0 aromatic carbocycles. The van der Waals surface area contributed by atoms with Crippen molar-refractivity contribution < 1.29 is 9.59 Å². The van der Waals surface area contributed by atoms with E-state index >= 15 is 0 Å². The summed E-state index contributed by atoms with van der Waals surface area (Å²) in [5.41, 5.74) is 6.76. The van der Waals surface area contributed by atoms with Crippen molar-refractivity contribution in [2.24, 2.45) is 0 Å². The van der Waals surface area contributed by atoms with E-state index in [1.165, 1.54) is 6.20 Å². The van der Waals surface area contributed by atoms with Crippen molar-refractivity contribution in [3.05, 3.63) is 18.5 Å². The Kier molecular flexibility index (Phi) is 2.72. The first-order chi connectivity index (χ1) is 7.65. The fourth-order valence-corrected chi connectivity index (χ4v) is 1.57. The maximum Gasteiger partial charge on any atom is 0.249 e. The maximum absolute atomic E-state index is 11.4. The number of piperidine rings is 1. The topological polar surface area (TPSA) is 97.1 Å². The normalized spacial score (nSPS) is 20.4. The molecule has 6 heteroatoms. The van der Waals surface area contributed by atoms with E-state index in [0.717, 1.165) is 0 Å². The second-order valence-corrected chi connectivity index (χ2v) is 3.65. The van der Waals surface area contributed by atoms with Crippen LogP contribution in [0.3, 0.4) is 0 Å². The third-order valence-corrected chi connectivity index (χ3v) is 2.34. The molecule has 1 aliphatic rings. The SMILES string of the molecule is Nc1cncc(NC2CCC(=O)NC2=O)c1. The Balaban J connectivity index is 2.05. The van der Waals surface area contributed by atoms with Gasteiger partial charge < -0.3 is 11.1 Å². The number of nitrogen functional groups attached to an aromatic ring is 1. The quantitative estimate of drug-likeness (QED) is 0.604. The number of anilines is 2. The summed E-state index contributed by atoms with van der Waals surface area (Å²) in [5.74, 6) is -0.535. The van der Waals surface area contributed by atoms with Crippen molar-refractivity contribution in [2.45, 2.75) is 18.9 Å². The summed E-state index contributed by atoms with van der Waals surface area (Å²) < 4.78 is 0. The number of carbonyl (C=O) groups excluding carboxylic acids is 2. The first-order valence-corrected chi connectivity index (χ1v) is 4.96. The molecular formula is C10H12N4O2. The highest BCUT2D eigenvalue weighted by atomic mass is 16.2. The second-order valence-electron chi connectivity index (χ2n) is 3.65. The van der Waals surface area contributed by atoms with Crippen molar-refractivity contribution >= 4 is 23.2 Å². The first kappa shape index (κ1) is 10.4. The van der Waals surface area contributed by atoms with E-state index < -0.39 is 6.04 Å². The minimum absolute atomic E-state index is 0.228. The molecule has 84 valence electrons. The number of aromatic nitrogens is 1. The minimum Gasteiger partial charge on any atom is -0.397 e. The van der Waals surface area contributed by atoms with Gasteiger partial charge in [0.05, 0.1) is 17.6 Å². The van der Waals surface area contributed by atoms with Crippen LogP contribution in [0.15, 0.2) is 18.5 Å². The lowest BCUT2D eigenvalue weighted by molar-refractivity contribution is -0.133. The summed E-state index contributed by atoms with van der Waals surface area (Å²) >= 11 is 0. The van der Waals surface area contributed by atoms with E-state index in [1.54, 1.807) is 12.3 Å². The lowest BCUT2D eigenvalue weighted by Gasteiger charge is -2.22. The molecule has 0 radical (unpaired) electrons. The fourth-order valence-electron chi connectivity index (χ4n) is 1.57. The van der Waals surface area contributed by atoms with E-state index in [9.17, 15) is 9.59 Å². The van der Waals surface area contributed by atoms with Gasteiger partial charge in [0.25, 0.3) is 0 Å². The molecule has 4 N–H and O–H groups in total. The molecule has 1 aromatic rings. The summed E-state index contributed by atoms with van der Waals surface area (Å²) in [7, 11) is 0. The van der Waals surface area contributed by atoms with Crippen LogP contribution < -0.4 is 16.4 Å². The van der Waals surface area contributed by atoms with E-state index in [-0.39, 0.29) is 11.8 Å². The minimum atomic E-state index is -0.402. The summed E-state index contributed by atoms with van der Waals surface area (Å²) in [5, 5.41) is 5.26. The number of imide groups is 1. The Morgan fingerprint density at radius 3 is 2.94 bits per heavy atom. The van der Waals surface area contributed by atoms with E-state index in [0.29, 0.717) is 24.2 Å². The standard InChI is InChI=1S/C10H12N4O2/c11-6-3-7(5-12-4-6)13-8-1-2-9(15)14-10(8)16/h3-5,8,13H,1-2,11H2,(H,14,15,16). The van der Waals surface area contributed by atoms with Crippen molar-refractivity contribution in [3.63, 3.8) is 0 Å².